The number of hydrogen-bond donors (Lipinski definition) is 0. The number of rotatable bonds is 9. The lowest BCUT2D eigenvalue weighted by molar-refractivity contribution is 0.126. The molecule has 1 heterocycles. The summed E-state index contributed by atoms with van der Waals surface area (Å²) in [5.41, 5.74) is 8.23. The van der Waals surface area contributed by atoms with E-state index in [-0.39, 0.29) is 6.04 Å². The summed E-state index contributed by atoms with van der Waals surface area (Å²) >= 11 is 0. The molecule has 0 unspecified atom stereocenters. The van der Waals surface area contributed by atoms with Gasteiger partial charge in [-0.05, 0) is 78.6 Å². The summed E-state index contributed by atoms with van der Waals surface area (Å²) in [7, 11) is 5.19. The van der Waals surface area contributed by atoms with Crippen molar-refractivity contribution in [2.45, 2.75) is 52.4 Å². The molecule has 0 radical (unpaired) electrons. The first-order chi connectivity index (χ1) is 21.4. The largest absolute Gasteiger partial charge is 0.496 e. The minimum atomic E-state index is 0.131. The average molecular weight is 588 g/mol. The van der Waals surface area contributed by atoms with Crippen molar-refractivity contribution >= 4 is 10.8 Å². The molecule has 0 N–H and O–H groups in total. The molecule has 5 aromatic rings. The summed E-state index contributed by atoms with van der Waals surface area (Å²) < 4.78 is 24.6. The van der Waals surface area contributed by atoms with Crippen molar-refractivity contribution in [2.75, 3.05) is 21.3 Å². The van der Waals surface area contributed by atoms with Gasteiger partial charge in [-0.2, -0.15) is 0 Å². The SMILES string of the molecule is COc1cc(OCc2ccccc2)c(-c2ccc(OC)c3c(OC)cc(C)cc23)c2c1[C@H](C)N(Cc1ccccc1)[C@@H](C)C2. The predicted octanol–water partition coefficient (Wildman–Crippen LogP) is 8.93. The van der Waals surface area contributed by atoms with Crippen molar-refractivity contribution in [3.8, 4) is 34.1 Å². The second kappa shape index (κ2) is 12.6. The van der Waals surface area contributed by atoms with Crippen molar-refractivity contribution in [1.82, 2.24) is 4.90 Å². The Labute approximate surface area is 261 Å². The fraction of sp³-hybridized carbons (Fsp3) is 0.282. The highest BCUT2D eigenvalue weighted by atomic mass is 16.5. The fourth-order valence-electron chi connectivity index (χ4n) is 6.83. The van der Waals surface area contributed by atoms with Crippen LogP contribution < -0.4 is 18.9 Å². The molecule has 1 aliphatic rings. The van der Waals surface area contributed by atoms with Crippen LogP contribution in [0.1, 0.15) is 47.7 Å². The van der Waals surface area contributed by atoms with Crippen molar-refractivity contribution in [3.63, 3.8) is 0 Å². The first-order valence-electron chi connectivity index (χ1n) is 15.3. The lowest BCUT2D eigenvalue weighted by Crippen LogP contribution is -2.41. The highest BCUT2D eigenvalue weighted by Crippen LogP contribution is 2.51. The summed E-state index contributed by atoms with van der Waals surface area (Å²) in [5.74, 6) is 3.25. The van der Waals surface area contributed by atoms with Gasteiger partial charge in [0.05, 0.1) is 26.7 Å². The lowest BCUT2D eigenvalue weighted by atomic mass is 9.81. The second-order valence-electron chi connectivity index (χ2n) is 11.7. The Morgan fingerprint density at radius 2 is 1.36 bits per heavy atom. The third-order valence-electron chi connectivity index (χ3n) is 8.94. The van der Waals surface area contributed by atoms with Crippen LogP contribution in [-0.4, -0.2) is 32.3 Å². The quantitative estimate of drug-likeness (QED) is 0.172. The van der Waals surface area contributed by atoms with E-state index in [2.05, 4.69) is 92.4 Å². The normalized spacial score (nSPS) is 16.4. The van der Waals surface area contributed by atoms with Crippen LogP contribution >= 0.6 is 0 Å². The van der Waals surface area contributed by atoms with E-state index < -0.39 is 0 Å². The molecule has 0 aromatic heterocycles. The number of benzene rings is 5. The summed E-state index contributed by atoms with van der Waals surface area (Å²) in [6, 6.07) is 32.0. The van der Waals surface area contributed by atoms with Gasteiger partial charge in [0, 0.05) is 35.8 Å². The Morgan fingerprint density at radius 1 is 0.705 bits per heavy atom. The van der Waals surface area contributed by atoms with Crippen molar-refractivity contribution in [1.29, 1.82) is 0 Å². The molecule has 0 bridgehead atoms. The van der Waals surface area contributed by atoms with E-state index in [9.17, 15) is 0 Å². The molecule has 6 rings (SSSR count). The van der Waals surface area contributed by atoms with Crippen LogP contribution in [0.25, 0.3) is 21.9 Å². The van der Waals surface area contributed by atoms with Crippen LogP contribution in [0.15, 0.2) is 91.0 Å². The molecule has 0 saturated heterocycles. The van der Waals surface area contributed by atoms with Gasteiger partial charge in [-0.25, -0.2) is 0 Å². The number of ether oxygens (including phenoxy) is 4. The first kappa shape index (κ1) is 29.6. The third kappa shape index (κ3) is 5.48. The molecular formula is C39H41NO4. The number of fused-ring (bicyclic) bond motifs is 2. The minimum absolute atomic E-state index is 0.131. The number of hydrogen-bond acceptors (Lipinski definition) is 5. The van der Waals surface area contributed by atoms with Crippen molar-refractivity contribution in [3.05, 3.63) is 119 Å². The van der Waals surface area contributed by atoms with Gasteiger partial charge < -0.3 is 18.9 Å². The van der Waals surface area contributed by atoms with Gasteiger partial charge >= 0.3 is 0 Å². The van der Waals surface area contributed by atoms with Gasteiger partial charge in [-0.1, -0.05) is 66.7 Å². The molecular weight excluding hydrogens is 546 g/mol. The highest BCUT2D eigenvalue weighted by molar-refractivity contribution is 6.05. The van der Waals surface area contributed by atoms with Crippen LogP contribution in [0.4, 0.5) is 0 Å². The standard InChI is InChI=1S/C39H41NO4/c1-25-19-31-30(17-18-33(41-4)39(31)34(20-25)42-5)38-32-21-26(2)40(23-28-13-9-7-10-14-28)27(3)37(32)35(43-6)22-36(38)44-24-29-15-11-8-12-16-29/h7-20,22,26-27H,21,23-24H2,1-6H3/t26-,27-/m0/s1. The average Bonchev–Trinajstić information content (AvgIpc) is 3.05. The molecule has 5 heteroatoms. The van der Waals surface area contributed by atoms with E-state index in [4.69, 9.17) is 18.9 Å². The smallest absolute Gasteiger partial charge is 0.131 e. The van der Waals surface area contributed by atoms with Gasteiger partial charge in [-0.3, -0.25) is 4.90 Å². The zero-order valence-corrected chi connectivity index (χ0v) is 26.5. The molecule has 0 spiro atoms. The van der Waals surface area contributed by atoms with Gasteiger partial charge in [0.2, 0.25) is 0 Å². The zero-order valence-electron chi connectivity index (χ0n) is 26.5. The maximum absolute atomic E-state index is 6.72. The fourth-order valence-corrected chi connectivity index (χ4v) is 6.83. The molecule has 0 saturated carbocycles. The number of aryl methyl sites for hydroxylation is 1. The van der Waals surface area contributed by atoms with E-state index >= 15 is 0 Å². The highest BCUT2D eigenvalue weighted by Gasteiger charge is 2.35. The van der Waals surface area contributed by atoms with Crippen molar-refractivity contribution in [2.24, 2.45) is 0 Å². The Kier molecular flexibility index (Phi) is 8.49. The molecule has 226 valence electrons. The second-order valence-corrected chi connectivity index (χ2v) is 11.7. The third-order valence-corrected chi connectivity index (χ3v) is 8.94. The van der Waals surface area contributed by atoms with E-state index in [0.29, 0.717) is 12.6 Å². The van der Waals surface area contributed by atoms with E-state index in [1.54, 1.807) is 21.3 Å². The molecule has 5 aromatic carbocycles. The minimum Gasteiger partial charge on any atom is -0.496 e. The summed E-state index contributed by atoms with van der Waals surface area (Å²) in [6.45, 7) is 8.06. The Bertz CT molecular complexity index is 1770. The first-order valence-corrected chi connectivity index (χ1v) is 15.3. The maximum Gasteiger partial charge on any atom is 0.131 e. The maximum atomic E-state index is 6.72. The number of nitrogens with zero attached hydrogens (tertiary/aromatic N) is 1. The molecule has 2 atom stereocenters. The zero-order chi connectivity index (χ0) is 30.8. The van der Waals surface area contributed by atoms with E-state index in [1.807, 2.05) is 24.3 Å². The van der Waals surface area contributed by atoms with E-state index in [0.717, 1.165) is 69.0 Å². The summed E-state index contributed by atoms with van der Waals surface area (Å²) in [6.07, 6.45) is 0.858. The van der Waals surface area contributed by atoms with Crippen molar-refractivity contribution < 1.29 is 18.9 Å². The van der Waals surface area contributed by atoms with Crippen LogP contribution in [0.2, 0.25) is 0 Å². The molecule has 0 aliphatic carbocycles. The Morgan fingerprint density at radius 3 is 2.02 bits per heavy atom. The summed E-state index contributed by atoms with van der Waals surface area (Å²) in [4.78, 5) is 2.58. The molecule has 1 aliphatic heterocycles. The van der Waals surface area contributed by atoms with Crippen LogP contribution in [0.5, 0.6) is 23.0 Å². The Hall–Kier alpha value is -4.48. The summed E-state index contributed by atoms with van der Waals surface area (Å²) in [5, 5.41) is 2.03. The molecule has 5 nitrogen and oxygen atoms in total. The lowest BCUT2D eigenvalue weighted by Gasteiger charge is -2.42. The number of methoxy groups -OCH3 is 3. The molecule has 0 amide bonds. The van der Waals surface area contributed by atoms with Crippen LogP contribution in [-0.2, 0) is 19.6 Å². The van der Waals surface area contributed by atoms with Crippen LogP contribution in [0, 0.1) is 6.92 Å². The Balaban J connectivity index is 1.59. The van der Waals surface area contributed by atoms with Gasteiger partial charge in [0.25, 0.3) is 0 Å². The van der Waals surface area contributed by atoms with Gasteiger partial charge in [0.15, 0.2) is 0 Å². The monoisotopic (exact) mass is 587 g/mol. The van der Waals surface area contributed by atoms with E-state index in [1.165, 1.54) is 16.7 Å². The predicted molar refractivity (Wildman–Crippen MR) is 178 cm³/mol. The van der Waals surface area contributed by atoms with Gasteiger partial charge in [0.1, 0.15) is 29.6 Å². The van der Waals surface area contributed by atoms with Gasteiger partial charge in [-0.15, -0.1) is 0 Å². The molecule has 44 heavy (non-hydrogen) atoms. The van der Waals surface area contributed by atoms with Crippen LogP contribution in [0.3, 0.4) is 0 Å². The topological polar surface area (TPSA) is 40.2 Å². The molecule has 0 fully saturated rings.